The van der Waals surface area contributed by atoms with Gasteiger partial charge in [-0.3, -0.25) is 9.59 Å². The molecule has 1 saturated heterocycles. The molecule has 1 heterocycles. The maximum atomic E-state index is 11.9. The van der Waals surface area contributed by atoms with Crippen LogP contribution in [0, 0.1) is 0 Å². The van der Waals surface area contributed by atoms with Crippen LogP contribution in [0.5, 0.6) is 0 Å². The topological polar surface area (TPSA) is 85.4 Å². The molecule has 1 aliphatic heterocycles. The summed E-state index contributed by atoms with van der Waals surface area (Å²) in [5.74, 6) is -0.638. The van der Waals surface area contributed by atoms with Gasteiger partial charge in [-0.15, -0.1) is 0 Å². The lowest BCUT2D eigenvalue weighted by atomic mass is 10.1. The van der Waals surface area contributed by atoms with Crippen molar-refractivity contribution in [2.45, 2.75) is 167 Å². The first-order valence-electron chi connectivity index (χ1n) is 17.2. The van der Waals surface area contributed by atoms with Crippen LogP contribution < -0.4 is 0 Å². The zero-order chi connectivity index (χ0) is 30.5. The second-order valence-electron chi connectivity index (χ2n) is 11.7. The third-order valence-corrected chi connectivity index (χ3v) is 7.53. The second-order valence-corrected chi connectivity index (χ2v) is 11.7. The molecule has 0 radical (unpaired) electrons. The number of allylic oxidation sites excluding steroid dienone is 4. The highest BCUT2D eigenvalue weighted by Gasteiger charge is 2.35. The minimum Gasteiger partial charge on any atom is -0.463 e. The lowest BCUT2D eigenvalue weighted by molar-refractivity contribution is -0.152. The number of ether oxygens (including phenoxy) is 3. The average molecular weight is 591 g/mol. The smallest absolute Gasteiger partial charge is 0.305 e. The molecule has 3 atom stereocenters. The van der Waals surface area contributed by atoms with Gasteiger partial charge in [-0.2, -0.15) is 0 Å². The number of hydrogen-bond donors (Lipinski definition) is 1. The minimum atomic E-state index is -0.986. The standard InChI is InChI=1S/C36H62O6/c1-3-5-7-9-11-12-13-16-20-24-28-35(38)40-30-32(37)31-41-36(39)29-25-21-17-14-15-19-23-27-34-33(42-34)26-22-18-10-8-6-4-2/h14,17-19,22-23,32-34,37H,3-13,15-16,20-21,24-31H2,1-2H3/b17-14-,22-18-,23-19-/t32-,33?,34?/m1/s1. The van der Waals surface area contributed by atoms with E-state index >= 15 is 0 Å². The number of carbonyl (C=O) groups excluding carboxylic acids is 2. The van der Waals surface area contributed by atoms with E-state index in [1.54, 1.807) is 0 Å². The molecular formula is C36H62O6. The second kappa shape index (κ2) is 27.9. The van der Waals surface area contributed by atoms with E-state index in [9.17, 15) is 14.7 Å². The Hall–Kier alpha value is -1.92. The largest absolute Gasteiger partial charge is 0.463 e. The molecule has 6 nitrogen and oxygen atoms in total. The third kappa shape index (κ3) is 24.7. The Morgan fingerprint density at radius 2 is 1.07 bits per heavy atom. The molecule has 1 fully saturated rings. The van der Waals surface area contributed by atoms with E-state index in [0.717, 1.165) is 44.9 Å². The lowest BCUT2D eigenvalue weighted by Crippen LogP contribution is -2.25. The first kappa shape index (κ1) is 38.1. The summed E-state index contributed by atoms with van der Waals surface area (Å²) in [7, 11) is 0. The number of epoxide rings is 1. The van der Waals surface area contributed by atoms with E-state index in [1.165, 1.54) is 70.6 Å². The van der Waals surface area contributed by atoms with E-state index in [0.29, 0.717) is 31.5 Å². The van der Waals surface area contributed by atoms with Crippen LogP contribution in [0.2, 0.25) is 0 Å². The summed E-state index contributed by atoms with van der Waals surface area (Å²) in [5.41, 5.74) is 0. The molecule has 0 spiro atoms. The van der Waals surface area contributed by atoms with Gasteiger partial charge in [0.1, 0.15) is 19.3 Å². The van der Waals surface area contributed by atoms with E-state index in [4.69, 9.17) is 14.2 Å². The van der Waals surface area contributed by atoms with Crippen LogP contribution in [0.1, 0.15) is 149 Å². The van der Waals surface area contributed by atoms with Crippen molar-refractivity contribution in [1.82, 2.24) is 0 Å². The van der Waals surface area contributed by atoms with Crippen molar-refractivity contribution in [3.8, 4) is 0 Å². The van der Waals surface area contributed by atoms with Gasteiger partial charge in [-0.25, -0.2) is 0 Å². The molecule has 0 aromatic carbocycles. The fourth-order valence-electron chi connectivity index (χ4n) is 4.77. The van der Waals surface area contributed by atoms with E-state index < -0.39 is 6.10 Å². The molecule has 0 aliphatic carbocycles. The maximum Gasteiger partial charge on any atom is 0.305 e. The number of carbonyl (C=O) groups is 2. The van der Waals surface area contributed by atoms with Crippen molar-refractivity contribution in [3.05, 3.63) is 36.5 Å². The van der Waals surface area contributed by atoms with Crippen LogP contribution in [-0.2, 0) is 23.8 Å². The molecule has 0 aromatic rings. The molecule has 242 valence electrons. The molecule has 2 unspecified atom stereocenters. The third-order valence-electron chi connectivity index (χ3n) is 7.53. The predicted molar refractivity (Wildman–Crippen MR) is 172 cm³/mol. The van der Waals surface area contributed by atoms with Gasteiger partial charge in [0.15, 0.2) is 0 Å². The van der Waals surface area contributed by atoms with Crippen LogP contribution in [0.15, 0.2) is 36.5 Å². The van der Waals surface area contributed by atoms with Gasteiger partial charge in [-0.05, 0) is 51.4 Å². The normalized spacial score (nSPS) is 17.4. The quantitative estimate of drug-likeness (QED) is 0.0405. The van der Waals surface area contributed by atoms with E-state index in [2.05, 4.69) is 50.3 Å². The first-order valence-corrected chi connectivity index (χ1v) is 17.2. The van der Waals surface area contributed by atoms with E-state index in [1.807, 2.05) is 0 Å². The Balaban J connectivity index is 1.90. The van der Waals surface area contributed by atoms with Crippen molar-refractivity contribution in [2.24, 2.45) is 0 Å². The average Bonchev–Trinajstić information content (AvgIpc) is 3.74. The number of rotatable bonds is 29. The Morgan fingerprint density at radius 3 is 1.69 bits per heavy atom. The van der Waals surface area contributed by atoms with Crippen LogP contribution >= 0.6 is 0 Å². The van der Waals surface area contributed by atoms with Crippen molar-refractivity contribution >= 4 is 11.9 Å². The summed E-state index contributed by atoms with van der Waals surface area (Å²) >= 11 is 0. The van der Waals surface area contributed by atoms with Gasteiger partial charge in [0.2, 0.25) is 0 Å². The molecule has 0 bridgehead atoms. The van der Waals surface area contributed by atoms with Gasteiger partial charge in [0, 0.05) is 12.8 Å². The SMILES string of the molecule is CCCCC/C=C\CC1OC1C/C=C\C/C=C\CCCC(=O)OC[C@H](O)COC(=O)CCCCCCCCCCCC. The van der Waals surface area contributed by atoms with Gasteiger partial charge >= 0.3 is 11.9 Å². The van der Waals surface area contributed by atoms with Gasteiger partial charge in [-0.1, -0.05) is 121 Å². The molecule has 6 heteroatoms. The van der Waals surface area contributed by atoms with Crippen molar-refractivity contribution in [2.75, 3.05) is 13.2 Å². The van der Waals surface area contributed by atoms with Gasteiger partial charge < -0.3 is 19.3 Å². The zero-order valence-electron chi connectivity index (χ0n) is 26.9. The molecular weight excluding hydrogens is 528 g/mol. The fraction of sp³-hybridized carbons (Fsp3) is 0.778. The molecule has 1 aliphatic rings. The molecule has 1 N–H and O–H groups in total. The summed E-state index contributed by atoms with van der Waals surface area (Å²) in [5, 5.41) is 9.95. The summed E-state index contributed by atoms with van der Waals surface area (Å²) in [6.45, 7) is 4.18. The summed E-state index contributed by atoms with van der Waals surface area (Å²) in [6, 6.07) is 0. The van der Waals surface area contributed by atoms with Crippen LogP contribution in [0.4, 0.5) is 0 Å². The highest BCUT2D eigenvalue weighted by Crippen LogP contribution is 2.29. The van der Waals surface area contributed by atoms with Gasteiger partial charge in [0.05, 0.1) is 12.2 Å². The Bertz CT molecular complexity index is 743. The number of unbranched alkanes of at least 4 members (excludes halogenated alkanes) is 13. The first-order chi connectivity index (χ1) is 20.6. The zero-order valence-corrected chi connectivity index (χ0v) is 26.9. The summed E-state index contributed by atoms with van der Waals surface area (Å²) in [6.07, 6.45) is 35.1. The number of aliphatic hydroxyl groups excluding tert-OH is 1. The number of esters is 2. The Labute approximate surface area is 257 Å². The molecule has 0 aromatic heterocycles. The lowest BCUT2D eigenvalue weighted by Gasteiger charge is -2.12. The van der Waals surface area contributed by atoms with Crippen molar-refractivity contribution in [1.29, 1.82) is 0 Å². The number of aliphatic hydroxyl groups is 1. The van der Waals surface area contributed by atoms with Crippen molar-refractivity contribution in [3.63, 3.8) is 0 Å². The summed E-state index contributed by atoms with van der Waals surface area (Å²) < 4.78 is 16.0. The van der Waals surface area contributed by atoms with Crippen LogP contribution in [0.3, 0.4) is 0 Å². The molecule has 42 heavy (non-hydrogen) atoms. The molecule has 1 rings (SSSR count). The molecule has 0 saturated carbocycles. The predicted octanol–water partition coefficient (Wildman–Crippen LogP) is 9.10. The van der Waals surface area contributed by atoms with Crippen molar-refractivity contribution < 1.29 is 28.9 Å². The molecule has 0 amide bonds. The highest BCUT2D eigenvalue weighted by molar-refractivity contribution is 5.69. The minimum absolute atomic E-state index is 0.135. The van der Waals surface area contributed by atoms with E-state index in [-0.39, 0.29) is 25.2 Å². The van der Waals surface area contributed by atoms with Gasteiger partial charge in [0.25, 0.3) is 0 Å². The summed E-state index contributed by atoms with van der Waals surface area (Å²) in [4.78, 5) is 23.8. The monoisotopic (exact) mass is 590 g/mol. The van der Waals surface area contributed by atoms with Crippen LogP contribution in [0.25, 0.3) is 0 Å². The Kier molecular flexibility index (Phi) is 25.3. The van der Waals surface area contributed by atoms with Crippen LogP contribution in [-0.4, -0.2) is 48.6 Å². The number of hydrogen-bond acceptors (Lipinski definition) is 6. The Morgan fingerprint density at radius 1 is 0.619 bits per heavy atom. The fourth-order valence-corrected chi connectivity index (χ4v) is 4.77. The maximum absolute atomic E-state index is 11.9. The highest BCUT2D eigenvalue weighted by atomic mass is 16.6.